The summed E-state index contributed by atoms with van der Waals surface area (Å²) in [6.45, 7) is 2.64. The van der Waals surface area contributed by atoms with E-state index in [1.54, 1.807) is 6.07 Å². The minimum atomic E-state index is -0.249. The van der Waals surface area contributed by atoms with Crippen LogP contribution in [0.2, 0.25) is 0 Å². The summed E-state index contributed by atoms with van der Waals surface area (Å²) in [4.78, 5) is 5.08. The second kappa shape index (κ2) is 10.6. The average Bonchev–Trinajstić information content (AvgIpc) is 2.75. The Hall–Kier alpha value is -2.92. The van der Waals surface area contributed by atoms with E-state index < -0.39 is 0 Å². The standard InChI is InChI=1S/C23H25FN4O/c24-23-9-8-19-14-20(6-7-21(19)15-23)22(17-29)10-12-28(13-11-26-27-25)16-18-4-2-1-3-5-18/h1-9,14-15,22,29H,10-13,16-17H2. The van der Waals surface area contributed by atoms with E-state index in [2.05, 4.69) is 27.1 Å². The van der Waals surface area contributed by atoms with E-state index in [0.29, 0.717) is 13.1 Å². The van der Waals surface area contributed by atoms with E-state index in [1.165, 1.54) is 17.7 Å². The molecule has 0 fully saturated rings. The van der Waals surface area contributed by atoms with Crippen molar-refractivity contribution in [3.05, 3.63) is 94.1 Å². The third-order valence-electron chi connectivity index (χ3n) is 5.14. The molecule has 3 rings (SSSR count). The highest BCUT2D eigenvalue weighted by Crippen LogP contribution is 2.25. The molecule has 0 spiro atoms. The molecule has 6 heteroatoms. The molecule has 0 amide bonds. The number of azide groups is 1. The van der Waals surface area contributed by atoms with Crippen molar-refractivity contribution in [1.82, 2.24) is 4.90 Å². The number of benzene rings is 3. The number of aliphatic hydroxyl groups excluding tert-OH is 1. The first-order valence-corrected chi connectivity index (χ1v) is 9.77. The van der Waals surface area contributed by atoms with E-state index in [1.807, 2.05) is 36.4 Å². The molecule has 0 aromatic heterocycles. The highest BCUT2D eigenvalue weighted by molar-refractivity contribution is 5.83. The van der Waals surface area contributed by atoms with E-state index in [9.17, 15) is 9.50 Å². The molecule has 0 saturated heterocycles. The maximum Gasteiger partial charge on any atom is 0.123 e. The monoisotopic (exact) mass is 392 g/mol. The van der Waals surface area contributed by atoms with Crippen LogP contribution in [-0.2, 0) is 6.54 Å². The first-order chi connectivity index (χ1) is 14.2. The summed E-state index contributed by atoms with van der Waals surface area (Å²) < 4.78 is 13.4. The van der Waals surface area contributed by atoms with Gasteiger partial charge in [-0.1, -0.05) is 59.7 Å². The van der Waals surface area contributed by atoms with Gasteiger partial charge in [0.2, 0.25) is 0 Å². The quantitative estimate of drug-likeness (QED) is 0.290. The first-order valence-electron chi connectivity index (χ1n) is 9.77. The number of rotatable bonds is 10. The lowest BCUT2D eigenvalue weighted by Crippen LogP contribution is -2.28. The van der Waals surface area contributed by atoms with Crippen LogP contribution in [0, 0.1) is 5.82 Å². The zero-order chi connectivity index (χ0) is 20.5. The molecular formula is C23H25FN4O. The van der Waals surface area contributed by atoms with Gasteiger partial charge in [-0.15, -0.1) is 0 Å². The average molecular weight is 392 g/mol. The lowest BCUT2D eigenvalue weighted by atomic mass is 9.94. The van der Waals surface area contributed by atoms with Crippen LogP contribution in [-0.4, -0.2) is 36.2 Å². The molecule has 0 bridgehead atoms. The second-order valence-electron chi connectivity index (χ2n) is 7.14. The Balaban J connectivity index is 1.69. The predicted molar refractivity (Wildman–Crippen MR) is 114 cm³/mol. The van der Waals surface area contributed by atoms with Crippen molar-refractivity contribution in [1.29, 1.82) is 0 Å². The fourth-order valence-electron chi connectivity index (χ4n) is 3.53. The summed E-state index contributed by atoms with van der Waals surface area (Å²) in [5.41, 5.74) is 10.8. The zero-order valence-electron chi connectivity index (χ0n) is 16.3. The molecule has 0 radical (unpaired) electrons. The number of halogens is 1. The van der Waals surface area contributed by atoms with Crippen molar-refractivity contribution < 1.29 is 9.50 Å². The number of hydrogen-bond acceptors (Lipinski definition) is 3. The van der Waals surface area contributed by atoms with Crippen LogP contribution in [0.4, 0.5) is 4.39 Å². The third kappa shape index (κ3) is 6.03. The van der Waals surface area contributed by atoms with Gasteiger partial charge in [0.1, 0.15) is 5.82 Å². The molecule has 0 aliphatic carbocycles. The minimum Gasteiger partial charge on any atom is -0.396 e. The van der Waals surface area contributed by atoms with Crippen molar-refractivity contribution in [3.8, 4) is 0 Å². The SMILES string of the molecule is [N-]=[N+]=NCCN(CCC(CO)c1ccc2cc(F)ccc2c1)Cc1ccccc1. The van der Waals surface area contributed by atoms with Gasteiger partial charge in [-0.3, -0.25) is 4.90 Å². The lowest BCUT2D eigenvalue weighted by molar-refractivity contribution is 0.221. The summed E-state index contributed by atoms with van der Waals surface area (Å²) >= 11 is 0. The van der Waals surface area contributed by atoms with Crippen molar-refractivity contribution >= 4 is 10.8 Å². The van der Waals surface area contributed by atoms with Crippen LogP contribution < -0.4 is 0 Å². The molecule has 1 N–H and O–H groups in total. The van der Waals surface area contributed by atoms with Crippen LogP contribution in [0.5, 0.6) is 0 Å². The molecule has 0 aliphatic heterocycles. The molecule has 29 heavy (non-hydrogen) atoms. The van der Waals surface area contributed by atoms with Gasteiger partial charge in [0, 0.05) is 37.1 Å². The van der Waals surface area contributed by atoms with Gasteiger partial charge in [-0.05, 0) is 52.5 Å². The Morgan fingerprint density at radius 2 is 1.76 bits per heavy atom. The normalized spacial score (nSPS) is 12.1. The molecule has 3 aromatic rings. The highest BCUT2D eigenvalue weighted by Gasteiger charge is 2.14. The zero-order valence-corrected chi connectivity index (χ0v) is 16.3. The van der Waals surface area contributed by atoms with Gasteiger partial charge in [0.05, 0.1) is 0 Å². The van der Waals surface area contributed by atoms with Crippen molar-refractivity contribution in [2.75, 3.05) is 26.2 Å². The number of fused-ring (bicyclic) bond motifs is 1. The van der Waals surface area contributed by atoms with Gasteiger partial charge in [0.25, 0.3) is 0 Å². The molecule has 5 nitrogen and oxygen atoms in total. The van der Waals surface area contributed by atoms with E-state index >= 15 is 0 Å². The van der Waals surface area contributed by atoms with Crippen LogP contribution in [0.25, 0.3) is 21.2 Å². The van der Waals surface area contributed by atoms with Gasteiger partial charge in [0.15, 0.2) is 0 Å². The number of hydrogen-bond donors (Lipinski definition) is 1. The van der Waals surface area contributed by atoms with Crippen LogP contribution in [0.15, 0.2) is 71.8 Å². The van der Waals surface area contributed by atoms with Crippen LogP contribution in [0.1, 0.15) is 23.5 Å². The minimum absolute atomic E-state index is 0.0119. The van der Waals surface area contributed by atoms with E-state index in [4.69, 9.17) is 5.53 Å². The smallest absolute Gasteiger partial charge is 0.123 e. The van der Waals surface area contributed by atoms with Gasteiger partial charge >= 0.3 is 0 Å². The molecule has 3 aromatic carbocycles. The fourth-order valence-corrected chi connectivity index (χ4v) is 3.53. The first kappa shape index (κ1) is 20.8. The Labute approximate surface area is 170 Å². The topological polar surface area (TPSA) is 72.2 Å². The van der Waals surface area contributed by atoms with Crippen molar-refractivity contribution in [2.24, 2.45) is 5.11 Å². The third-order valence-corrected chi connectivity index (χ3v) is 5.14. The summed E-state index contributed by atoms with van der Waals surface area (Å²) in [7, 11) is 0. The van der Waals surface area contributed by atoms with Gasteiger partial charge < -0.3 is 5.11 Å². The van der Waals surface area contributed by atoms with Crippen molar-refractivity contribution in [3.63, 3.8) is 0 Å². The fraction of sp³-hybridized carbons (Fsp3) is 0.304. The van der Waals surface area contributed by atoms with Crippen molar-refractivity contribution in [2.45, 2.75) is 18.9 Å². The van der Waals surface area contributed by atoms with Gasteiger partial charge in [-0.25, -0.2) is 4.39 Å². The number of aliphatic hydroxyl groups is 1. The molecular weight excluding hydrogens is 367 g/mol. The van der Waals surface area contributed by atoms with Crippen LogP contribution in [0.3, 0.4) is 0 Å². The summed E-state index contributed by atoms with van der Waals surface area (Å²) in [6, 6.07) is 20.8. The maximum atomic E-state index is 13.4. The van der Waals surface area contributed by atoms with E-state index in [0.717, 1.165) is 35.8 Å². The molecule has 1 unspecified atom stereocenters. The Kier molecular flexibility index (Phi) is 7.59. The predicted octanol–water partition coefficient (Wildman–Crippen LogP) is 5.26. The maximum absolute atomic E-state index is 13.4. The Morgan fingerprint density at radius 3 is 2.52 bits per heavy atom. The highest BCUT2D eigenvalue weighted by atomic mass is 19.1. The van der Waals surface area contributed by atoms with Crippen LogP contribution >= 0.6 is 0 Å². The molecule has 150 valence electrons. The van der Waals surface area contributed by atoms with E-state index in [-0.39, 0.29) is 18.3 Å². The summed E-state index contributed by atoms with van der Waals surface area (Å²) in [5, 5.41) is 15.4. The summed E-state index contributed by atoms with van der Waals surface area (Å²) in [6.07, 6.45) is 0.770. The Morgan fingerprint density at radius 1 is 1.00 bits per heavy atom. The molecule has 0 aliphatic rings. The number of nitrogens with zero attached hydrogens (tertiary/aromatic N) is 4. The summed E-state index contributed by atoms with van der Waals surface area (Å²) in [5.74, 6) is -0.261. The van der Waals surface area contributed by atoms with Gasteiger partial charge in [-0.2, -0.15) is 0 Å². The molecule has 0 heterocycles. The molecule has 1 atom stereocenters. The lowest BCUT2D eigenvalue weighted by Gasteiger charge is -2.24. The largest absolute Gasteiger partial charge is 0.396 e. The Bertz CT molecular complexity index is 973. The second-order valence-corrected chi connectivity index (χ2v) is 7.14. The molecule has 0 saturated carbocycles.